The number of piperazine rings is 1. The third kappa shape index (κ3) is 4.45. The maximum Gasteiger partial charge on any atom is 0.229 e. The first kappa shape index (κ1) is 22.9. The van der Waals surface area contributed by atoms with Gasteiger partial charge in [0.1, 0.15) is 23.7 Å². The van der Waals surface area contributed by atoms with Gasteiger partial charge in [-0.3, -0.25) is 4.79 Å². The molecule has 3 aromatic heterocycles. The molecule has 1 atom stereocenters. The number of ether oxygens (including phenoxy) is 1. The summed E-state index contributed by atoms with van der Waals surface area (Å²) in [5.74, 6) is 1.42. The molecule has 4 heterocycles. The highest BCUT2D eigenvalue weighted by molar-refractivity contribution is 5.85. The average Bonchev–Trinajstić information content (AvgIpc) is 3.30. The summed E-state index contributed by atoms with van der Waals surface area (Å²) in [4.78, 5) is 21.2. The zero-order chi connectivity index (χ0) is 24.5. The SMILES string of the molecule is C=CC(C)C(=O)N1CCN(c2ccc(-c3cc(OC4CC(O)C4)cn4ncc(C#N)c34)cn2)CC1. The molecule has 1 unspecified atom stereocenters. The van der Waals surface area contributed by atoms with Crippen molar-refractivity contribution in [2.45, 2.75) is 32.0 Å². The van der Waals surface area contributed by atoms with Gasteiger partial charge in [0.25, 0.3) is 0 Å². The Morgan fingerprint density at radius 1 is 1.29 bits per heavy atom. The lowest BCUT2D eigenvalue weighted by Crippen LogP contribution is -2.50. The molecule has 1 amide bonds. The molecule has 2 aliphatic rings. The van der Waals surface area contributed by atoms with Crippen LogP contribution in [0.5, 0.6) is 5.75 Å². The highest BCUT2D eigenvalue weighted by Gasteiger charge is 2.29. The molecule has 0 radical (unpaired) electrons. The fraction of sp³-hybridized carbons (Fsp3) is 0.385. The number of anilines is 1. The van der Waals surface area contributed by atoms with Gasteiger partial charge in [-0.1, -0.05) is 13.0 Å². The van der Waals surface area contributed by atoms with Crippen molar-refractivity contribution in [1.82, 2.24) is 19.5 Å². The van der Waals surface area contributed by atoms with Crippen LogP contribution in [0.25, 0.3) is 16.6 Å². The number of nitrogens with zero attached hydrogens (tertiary/aromatic N) is 6. The van der Waals surface area contributed by atoms with Gasteiger partial charge in [0, 0.05) is 56.3 Å². The van der Waals surface area contributed by atoms with Crippen LogP contribution < -0.4 is 9.64 Å². The number of aromatic nitrogens is 3. The predicted molar refractivity (Wildman–Crippen MR) is 131 cm³/mol. The number of carbonyl (C=O) groups excluding carboxylic acids is 1. The first-order valence-electron chi connectivity index (χ1n) is 11.9. The number of pyridine rings is 2. The van der Waals surface area contributed by atoms with Crippen LogP contribution >= 0.6 is 0 Å². The predicted octanol–water partition coefficient (Wildman–Crippen LogP) is 2.64. The van der Waals surface area contributed by atoms with Crippen LogP contribution in [0.15, 0.2) is 49.4 Å². The summed E-state index contributed by atoms with van der Waals surface area (Å²) < 4.78 is 7.70. The monoisotopic (exact) mass is 472 g/mol. The molecule has 9 heteroatoms. The van der Waals surface area contributed by atoms with Crippen LogP contribution in [0.4, 0.5) is 5.82 Å². The molecular formula is C26H28N6O3. The zero-order valence-electron chi connectivity index (χ0n) is 19.7. The van der Waals surface area contributed by atoms with Gasteiger partial charge in [0.15, 0.2) is 0 Å². The Labute approximate surface area is 203 Å². The summed E-state index contributed by atoms with van der Waals surface area (Å²) in [6.07, 6.45) is 7.68. The van der Waals surface area contributed by atoms with Crippen LogP contribution in [-0.4, -0.2) is 68.9 Å². The second-order valence-corrected chi connectivity index (χ2v) is 9.16. The third-order valence-electron chi connectivity index (χ3n) is 6.80. The van der Waals surface area contributed by atoms with Crippen molar-refractivity contribution in [2.24, 2.45) is 5.92 Å². The number of nitriles is 1. The Balaban J connectivity index is 1.37. The van der Waals surface area contributed by atoms with Gasteiger partial charge in [-0.25, -0.2) is 9.50 Å². The van der Waals surface area contributed by atoms with E-state index in [1.807, 2.05) is 30.0 Å². The van der Waals surface area contributed by atoms with Crippen LogP contribution in [0.2, 0.25) is 0 Å². The Morgan fingerprint density at radius 2 is 2.06 bits per heavy atom. The topological polar surface area (TPSA) is 107 Å². The molecular weight excluding hydrogens is 444 g/mol. The van der Waals surface area contributed by atoms with Crippen molar-refractivity contribution in [1.29, 1.82) is 5.26 Å². The van der Waals surface area contributed by atoms with E-state index >= 15 is 0 Å². The quantitative estimate of drug-likeness (QED) is 0.550. The molecule has 35 heavy (non-hydrogen) atoms. The Kier molecular flexibility index (Phi) is 6.14. The van der Waals surface area contributed by atoms with E-state index in [1.54, 1.807) is 29.2 Å². The van der Waals surface area contributed by atoms with E-state index in [1.165, 1.54) is 0 Å². The highest BCUT2D eigenvalue weighted by atomic mass is 16.5. The molecule has 2 fully saturated rings. The van der Waals surface area contributed by atoms with Crippen LogP contribution in [0.1, 0.15) is 25.3 Å². The largest absolute Gasteiger partial charge is 0.489 e. The smallest absolute Gasteiger partial charge is 0.229 e. The molecule has 0 aromatic carbocycles. The molecule has 0 spiro atoms. The Hall–Kier alpha value is -3.90. The minimum Gasteiger partial charge on any atom is -0.489 e. The fourth-order valence-corrected chi connectivity index (χ4v) is 4.57. The molecule has 0 bridgehead atoms. The zero-order valence-corrected chi connectivity index (χ0v) is 19.7. The first-order valence-corrected chi connectivity index (χ1v) is 11.9. The van der Waals surface area contributed by atoms with Crippen molar-refractivity contribution in [3.8, 4) is 22.9 Å². The van der Waals surface area contributed by atoms with Gasteiger partial charge in [-0.05, 0) is 18.2 Å². The standard InChI is InChI=1S/C26H28N6O3/c1-3-17(2)26(34)31-8-6-30(7-9-31)24-5-4-18(14-28-24)23-12-22(35-21-10-20(33)11-21)16-32-25(23)19(13-27)15-29-32/h3-5,12,14-17,20-21,33H,1,6-11H2,2H3. The van der Waals surface area contributed by atoms with E-state index in [2.05, 4.69) is 22.6 Å². The molecule has 1 aliphatic heterocycles. The van der Waals surface area contributed by atoms with Gasteiger partial charge in [0.2, 0.25) is 5.91 Å². The number of carbonyl (C=O) groups is 1. The van der Waals surface area contributed by atoms with E-state index in [9.17, 15) is 15.2 Å². The van der Waals surface area contributed by atoms with Crippen LogP contribution in [-0.2, 0) is 4.79 Å². The third-order valence-corrected chi connectivity index (χ3v) is 6.80. The van der Waals surface area contributed by atoms with E-state index in [0.717, 1.165) is 16.9 Å². The fourth-order valence-electron chi connectivity index (χ4n) is 4.57. The minimum atomic E-state index is -0.305. The lowest BCUT2D eigenvalue weighted by Gasteiger charge is -2.36. The summed E-state index contributed by atoms with van der Waals surface area (Å²) in [5.41, 5.74) is 2.84. The number of fused-ring (bicyclic) bond motifs is 1. The summed E-state index contributed by atoms with van der Waals surface area (Å²) >= 11 is 0. The summed E-state index contributed by atoms with van der Waals surface area (Å²) in [6, 6.07) is 8.07. The van der Waals surface area contributed by atoms with E-state index in [0.29, 0.717) is 55.9 Å². The molecule has 1 N–H and O–H groups in total. The van der Waals surface area contributed by atoms with Gasteiger partial charge in [-0.15, -0.1) is 6.58 Å². The second kappa shape index (κ2) is 9.39. The van der Waals surface area contributed by atoms with E-state index < -0.39 is 0 Å². The number of rotatable bonds is 6. The number of aliphatic hydroxyl groups is 1. The second-order valence-electron chi connectivity index (χ2n) is 9.16. The average molecular weight is 473 g/mol. The minimum absolute atomic E-state index is 0.0261. The molecule has 5 rings (SSSR count). The molecule has 9 nitrogen and oxygen atoms in total. The maximum atomic E-state index is 12.4. The van der Waals surface area contributed by atoms with E-state index in [4.69, 9.17) is 9.72 Å². The van der Waals surface area contributed by atoms with Crippen LogP contribution in [0.3, 0.4) is 0 Å². The van der Waals surface area contributed by atoms with Gasteiger partial charge < -0.3 is 19.6 Å². The summed E-state index contributed by atoms with van der Waals surface area (Å²) in [5, 5.41) is 23.5. The lowest BCUT2D eigenvalue weighted by molar-refractivity contribution is -0.133. The van der Waals surface area contributed by atoms with E-state index in [-0.39, 0.29) is 24.0 Å². The summed E-state index contributed by atoms with van der Waals surface area (Å²) in [6.45, 7) is 8.31. The highest BCUT2D eigenvalue weighted by Crippen LogP contribution is 2.33. The van der Waals surface area contributed by atoms with Crippen molar-refractivity contribution >= 4 is 17.2 Å². The van der Waals surface area contributed by atoms with Crippen molar-refractivity contribution in [3.05, 3.63) is 55.0 Å². The molecule has 1 aliphatic carbocycles. The number of amides is 1. The molecule has 3 aromatic rings. The Morgan fingerprint density at radius 3 is 2.69 bits per heavy atom. The lowest BCUT2D eigenvalue weighted by atomic mass is 9.92. The van der Waals surface area contributed by atoms with Crippen molar-refractivity contribution in [3.63, 3.8) is 0 Å². The van der Waals surface area contributed by atoms with Gasteiger partial charge in [0.05, 0.1) is 35.5 Å². The first-order chi connectivity index (χ1) is 17.0. The molecule has 180 valence electrons. The number of hydrogen-bond acceptors (Lipinski definition) is 7. The van der Waals surface area contributed by atoms with Crippen molar-refractivity contribution in [2.75, 3.05) is 31.1 Å². The van der Waals surface area contributed by atoms with Crippen LogP contribution in [0, 0.1) is 17.2 Å². The normalized spacial score (nSPS) is 20.7. The van der Waals surface area contributed by atoms with Crippen molar-refractivity contribution < 1.29 is 14.6 Å². The Bertz CT molecular complexity index is 1280. The number of aliphatic hydroxyl groups excluding tert-OH is 1. The number of hydrogen-bond donors (Lipinski definition) is 1. The van der Waals surface area contributed by atoms with Gasteiger partial charge in [-0.2, -0.15) is 10.4 Å². The maximum absolute atomic E-state index is 12.4. The summed E-state index contributed by atoms with van der Waals surface area (Å²) in [7, 11) is 0. The molecule has 1 saturated carbocycles. The van der Waals surface area contributed by atoms with Gasteiger partial charge >= 0.3 is 0 Å². The molecule has 1 saturated heterocycles.